The highest BCUT2D eigenvalue weighted by molar-refractivity contribution is 9.10. The molecule has 1 fully saturated rings. The van der Waals surface area contributed by atoms with Crippen LogP contribution >= 0.6 is 15.9 Å². The fourth-order valence-corrected chi connectivity index (χ4v) is 2.79. The van der Waals surface area contributed by atoms with Gasteiger partial charge in [-0.05, 0) is 41.6 Å². The second-order valence-corrected chi connectivity index (χ2v) is 5.57. The number of aromatic amines is 1. The molecule has 0 spiro atoms. The van der Waals surface area contributed by atoms with Crippen molar-refractivity contribution >= 4 is 15.9 Å². The normalized spacial score (nSPS) is 18.8. The lowest BCUT2D eigenvalue weighted by Crippen LogP contribution is -2.24. The van der Waals surface area contributed by atoms with Gasteiger partial charge in [-0.25, -0.2) is 4.98 Å². The molecule has 0 aromatic carbocycles. The van der Waals surface area contributed by atoms with Gasteiger partial charge in [-0.1, -0.05) is 19.3 Å². The van der Waals surface area contributed by atoms with E-state index in [2.05, 4.69) is 25.9 Å². The molecule has 0 aliphatic heterocycles. The van der Waals surface area contributed by atoms with Crippen LogP contribution in [0.1, 0.15) is 51.0 Å². The molecule has 1 aromatic rings. The number of hydrogen-bond donors (Lipinski definition) is 1. The molecule has 1 saturated carbocycles. The zero-order valence-electron chi connectivity index (χ0n) is 10.6. The van der Waals surface area contributed by atoms with Gasteiger partial charge in [-0.15, -0.1) is 0 Å². The third kappa shape index (κ3) is 3.20. The van der Waals surface area contributed by atoms with Crippen molar-refractivity contribution in [3.63, 3.8) is 0 Å². The van der Waals surface area contributed by atoms with E-state index in [-0.39, 0.29) is 11.7 Å². The third-order valence-corrected chi connectivity index (χ3v) is 4.03. The summed E-state index contributed by atoms with van der Waals surface area (Å²) in [6, 6.07) is 0. The van der Waals surface area contributed by atoms with Crippen LogP contribution in [-0.4, -0.2) is 16.6 Å². The summed E-state index contributed by atoms with van der Waals surface area (Å²) >= 11 is 3.17. The second kappa shape index (κ2) is 6.48. The molecule has 0 bridgehead atoms. The van der Waals surface area contributed by atoms with E-state index in [4.69, 9.17) is 4.74 Å². The SMILES string of the molecule is CCOC(c1ncc(Br)c(=O)[nH]1)C1CCCCC1. The van der Waals surface area contributed by atoms with Crippen molar-refractivity contribution in [3.8, 4) is 0 Å². The Hall–Kier alpha value is -0.680. The Kier molecular flexibility index (Phi) is 4.95. The minimum absolute atomic E-state index is 0.0731. The highest BCUT2D eigenvalue weighted by atomic mass is 79.9. The molecule has 1 aromatic heterocycles. The maximum Gasteiger partial charge on any atom is 0.265 e. The molecule has 0 amide bonds. The molecule has 1 atom stereocenters. The molecule has 0 saturated heterocycles. The van der Waals surface area contributed by atoms with Crippen LogP contribution in [0.15, 0.2) is 15.5 Å². The molecule has 4 nitrogen and oxygen atoms in total. The number of nitrogens with zero attached hydrogens (tertiary/aromatic N) is 1. The van der Waals surface area contributed by atoms with Crippen molar-refractivity contribution in [2.75, 3.05) is 6.61 Å². The fourth-order valence-electron chi connectivity index (χ4n) is 2.59. The van der Waals surface area contributed by atoms with Crippen LogP contribution < -0.4 is 5.56 Å². The average molecular weight is 315 g/mol. The van der Waals surface area contributed by atoms with E-state index in [0.717, 1.165) is 12.8 Å². The largest absolute Gasteiger partial charge is 0.370 e. The van der Waals surface area contributed by atoms with Gasteiger partial charge in [0.15, 0.2) is 0 Å². The summed E-state index contributed by atoms with van der Waals surface area (Å²) in [5.74, 6) is 1.14. The Balaban J connectivity index is 2.22. The molecule has 1 heterocycles. The third-order valence-electron chi connectivity index (χ3n) is 3.47. The monoisotopic (exact) mass is 314 g/mol. The topological polar surface area (TPSA) is 55.0 Å². The number of halogens is 1. The molecule has 1 aliphatic carbocycles. The molecular weight excluding hydrogens is 296 g/mol. The Morgan fingerprint density at radius 3 is 2.83 bits per heavy atom. The first-order chi connectivity index (χ1) is 8.72. The van der Waals surface area contributed by atoms with Gasteiger partial charge < -0.3 is 9.72 Å². The molecule has 1 aliphatic rings. The number of H-pyrrole nitrogens is 1. The molecule has 18 heavy (non-hydrogen) atoms. The smallest absolute Gasteiger partial charge is 0.265 e. The Labute approximate surface area is 115 Å². The lowest BCUT2D eigenvalue weighted by molar-refractivity contribution is -0.000372. The Bertz CT molecular complexity index is 441. The summed E-state index contributed by atoms with van der Waals surface area (Å²) in [7, 11) is 0. The van der Waals surface area contributed by atoms with Crippen molar-refractivity contribution in [2.45, 2.75) is 45.1 Å². The standard InChI is InChI=1S/C13H19BrN2O2/c1-2-18-11(9-6-4-3-5-7-9)12-15-8-10(14)13(17)16-12/h8-9,11H,2-7H2,1H3,(H,15,16,17). The highest BCUT2D eigenvalue weighted by Gasteiger charge is 2.27. The van der Waals surface area contributed by atoms with E-state index >= 15 is 0 Å². The van der Waals surface area contributed by atoms with Crippen molar-refractivity contribution in [2.24, 2.45) is 5.92 Å². The maximum absolute atomic E-state index is 11.6. The first-order valence-corrected chi connectivity index (χ1v) is 7.38. The minimum Gasteiger partial charge on any atom is -0.370 e. The lowest BCUT2D eigenvalue weighted by Gasteiger charge is -2.29. The number of nitrogens with one attached hydrogen (secondary N) is 1. The van der Waals surface area contributed by atoms with E-state index in [0.29, 0.717) is 22.8 Å². The molecule has 5 heteroatoms. The number of aromatic nitrogens is 2. The molecular formula is C13H19BrN2O2. The number of hydrogen-bond acceptors (Lipinski definition) is 3. The van der Waals surface area contributed by atoms with Crippen molar-refractivity contribution in [1.29, 1.82) is 0 Å². The van der Waals surface area contributed by atoms with Crippen LogP contribution in [0, 0.1) is 5.92 Å². The summed E-state index contributed by atoms with van der Waals surface area (Å²) in [6.07, 6.45) is 7.60. The molecule has 100 valence electrons. The van der Waals surface area contributed by atoms with Crippen molar-refractivity contribution in [3.05, 3.63) is 26.8 Å². The zero-order valence-corrected chi connectivity index (χ0v) is 12.2. The Morgan fingerprint density at radius 2 is 2.22 bits per heavy atom. The summed E-state index contributed by atoms with van der Waals surface area (Å²) in [5, 5.41) is 0. The van der Waals surface area contributed by atoms with Crippen molar-refractivity contribution < 1.29 is 4.74 Å². The van der Waals surface area contributed by atoms with Crippen LogP contribution in [0.2, 0.25) is 0 Å². The van der Waals surface area contributed by atoms with Crippen LogP contribution in [0.4, 0.5) is 0 Å². The fraction of sp³-hybridized carbons (Fsp3) is 0.692. The molecule has 2 rings (SSSR count). The summed E-state index contributed by atoms with van der Waals surface area (Å²) in [5.41, 5.74) is -0.138. The lowest BCUT2D eigenvalue weighted by atomic mass is 9.85. The number of rotatable bonds is 4. The average Bonchev–Trinajstić information content (AvgIpc) is 2.40. The van der Waals surface area contributed by atoms with Gasteiger partial charge >= 0.3 is 0 Å². The summed E-state index contributed by atoms with van der Waals surface area (Å²) in [4.78, 5) is 18.8. The summed E-state index contributed by atoms with van der Waals surface area (Å²) in [6.45, 7) is 2.62. The van der Waals surface area contributed by atoms with E-state index < -0.39 is 0 Å². The predicted molar refractivity (Wildman–Crippen MR) is 73.5 cm³/mol. The van der Waals surface area contributed by atoms with E-state index in [9.17, 15) is 4.79 Å². The van der Waals surface area contributed by atoms with Gasteiger partial charge in [0.2, 0.25) is 0 Å². The van der Waals surface area contributed by atoms with Gasteiger partial charge in [-0.2, -0.15) is 0 Å². The maximum atomic E-state index is 11.6. The first kappa shape index (κ1) is 13.7. The van der Waals surface area contributed by atoms with Gasteiger partial charge in [0.25, 0.3) is 5.56 Å². The van der Waals surface area contributed by atoms with Crippen molar-refractivity contribution in [1.82, 2.24) is 9.97 Å². The molecule has 0 radical (unpaired) electrons. The quantitative estimate of drug-likeness (QED) is 0.928. The molecule has 1 unspecified atom stereocenters. The highest BCUT2D eigenvalue weighted by Crippen LogP contribution is 2.35. The van der Waals surface area contributed by atoms with Crippen LogP contribution in [0.3, 0.4) is 0 Å². The van der Waals surface area contributed by atoms with Gasteiger partial charge in [0, 0.05) is 12.8 Å². The minimum atomic E-state index is -0.138. The van der Waals surface area contributed by atoms with E-state index in [1.165, 1.54) is 19.3 Å². The Morgan fingerprint density at radius 1 is 1.50 bits per heavy atom. The van der Waals surface area contributed by atoms with Gasteiger partial charge in [0.05, 0.1) is 0 Å². The van der Waals surface area contributed by atoms with Crippen LogP contribution in [-0.2, 0) is 4.74 Å². The zero-order chi connectivity index (χ0) is 13.0. The van der Waals surface area contributed by atoms with Gasteiger partial charge in [0.1, 0.15) is 16.4 Å². The van der Waals surface area contributed by atoms with Crippen LogP contribution in [0.25, 0.3) is 0 Å². The number of ether oxygens (including phenoxy) is 1. The summed E-state index contributed by atoms with van der Waals surface area (Å²) < 4.78 is 6.28. The van der Waals surface area contributed by atoms with E-state index in [1.807, 2.05) is 6.92 Å². The molecule has 1 N–H and O–H groups in total. The van der Waals surface area contributed by atoms with Crippen LogP contribution in [0.5, 0.6) is 0 Å². The van der Waals surface area contributed by atoms with E-state index in [1.54, 1.807) is 6.20 Å². The predicted octanol–water partition coefficient (Wildman–Crippen LogP) is 3.19. The first-order valence-electron chi connectivity index (χ1n) is 6.58. The van der Waals surface area contributed by atoms with Gasteiger partial charge in [-0.3, -0.25) is 4.79 Å². The second-order valence-electron chi connectivity index (χ2n) is 4.72.